The van der Waals surface area contributed by atoms with Gasteiger partial charge in [-0.1, -0.05) is 143 Å². The van der Waals surface area contributed by atoms with E-state index >= 15 is 0 Å². The van der Waals surface area contributed by atoms with Crippen molar-refractivity contribution in [2.45, 2.75) is 150 Å². The van der Waals surface area contributed by atoms with Crippen LogP contribution in [0.2, 0.25) is 0 Å². The lowest BCUT2D eigenvalue weighted by molar-refractivity contribution is 0.102. The summed E-state index contributed by atoms with van der Waals surface area (Å²) in [6.07, 6.45) is 23.0. The van der Waals surface area contributed by atoms with E-state index in [1.54, 1.807) is 18.2 Å². The minimum absolute atomic E-state index is 0.0204. The van der Waals surface area contributed by atoms with E-state index < -0.39 is 0 Å². The smallest absolute Gasteiger partial charge is 0.255 e. The Kier molecular flexibility index (Phi) is 21.2. The van der Waals surface area contributed by atoms with Crippen LogP contribution >= 0.6 is 0 Å². The molecule has 0 unspecified atom stereocenters. The monoisotopic (exact) mass is 623 g/mol. The molecule has 0 saturated carbocycles. The van der Waals surface area contributed by atoms with Gasteiger partial charge in [-0.3, -0.25) is 4.79 Å². The number of hydrogen-bond acceptors (Lipinski definition) is 4. The Bertz CT molecular complexity index is 1020. The first kappa shape index (κ1) is 38.7. The number of ether oxygens (including phenoxy) is 2. The average Bonchev–Trinajstić information content (AvgIpc) is 3.02. The molecular weight excluding hydrogens is 558 g/mol. The molecular formula is C40H65NO4. The number of carbonyl (C=O) groups excluding carboxylic acids is 1. The lowest BCUT2D eigenvalue weighted by Gasteiger charge is -2.15. The van der Waals surface area contributed by atoms with Crippen molar-refractivity contribution < 1.29 is 19.4 Å². The molecule has 0 aliphatic carbocycles. The maximum absolute atomic E-state index is 13.0. The van der Waals surface area contributed by atoms with Crippen LogP contribution in [0, 0.1) is 11.8 Å². The van der Waals surface area contributed by atoms with Gasteiger partial charge < -0.3 is 19.9 Å². The SMILES string of the molecule is CC(C)CCCCCCCCCCOc1ccc(C(=O)Nc2ccc(CO)cc2)cc1OCCCCCCCCCCC(C)C. The van der Waals surface area contributed by atoms with Gasteiger partial charge in [0.2, 0.25) is 0 Å². The van der Waals surface area contributed by atoms with Crippen LogP contribution in [0.1, 0.15) is 159 Å². The summed E-state index contributed by atoms with van der Waals surface area (Å²) in [6.45, 7) is 10.5. The van der Waals surface area contributed by atoms with Crippen molar-refractivity contribution in [1.29, 1.82) is 0 Å². The predicted octanol–water partition coefficient (Wildman–Crippen LogP) is 11.5. The molecule has 0 aliphatic rings. The first-order valence-electron chi connectivity index (χ1n) is 18.3. The maximum atomic E-state index is 13.0. The number of rotatable bonds is 27. The molecule has 2 aromatic carbocycles. The highest BCUT2D eigenvalue weighted by molar-refractivity contribution is 6.04. The fourth-order valence-corrected chi connectivity index (χ4v) is 5.57. The number of hydrogen-bond donors (Lipinski definition) is 2. The molecule has 5 nitrogen and oxygen atoms in total. The Labute approximate surface area is 275 Å². The topological polar surface area (TPSA) is 67.8 Å². The molecule has 0 bridgehead atoms. The summed E-state index contributed by atoms with van der Waals surface area (Å²) in [7, 11) is 0. The van der Waals surface area contributed by atoms with Crippen LogP contribution in [0.15, 0.2) is 42.5 Å². The fourth-order valence-electron chi connectivity index (χ4n) is 5.57. The number of aliphatic hydroxyl groups excluding tert-OH is 1. The molecule has 2 N–H and O–H groups in total. The summed E-state index contributed by atoms with van der Waals surface area (Å²) < 4.78 is 12.4. The predicted molar refractivity (Wildman–Crippen MR) is 191 cm³/mol. The van der Waals surface area contributed by atoms with Crippen molar-refractivity contribution in [3.8, 4) is 11.5 Å². The molecule has 45 heavy (non-hydrogen) atoms. The number of benzene rings is 2. The van der Waals surface area contributed by atoms with Gasteiger partial charge in [0, 0.05) is 11.3 Å². The molecule has 0 aliphatic heterocycles. The number of unbranched alkanes of at least 4 members (excludes halogenated alkanes) is 14. The highest BCUT2D eigenvalue weighted by Crippen LogP contribution is 2.30. The zero-order valence-electron chi connectivity index (χ0n) is 29.2. The van der Waals surface area contributed by atoms with E-state index in [4.69, 9.17) is 9.47 Å². The van der Waals surface area contributed by atoms with Gasteiger partial charge in [-0.25, -0.2) is 0 Å². The second-order valence-electron chi connectivity index (χ2n) is 13.7. The summed E-state index contributed by atoms with van der Waals surface area (Å²) in [4.78, 5) is 13.0. The Hall–Kier alpha value is -2.53. The van der Waals surface area contributed by atoms with Gasteiger partial charge in [-0.15, -0.1) is 0 Å². The molecule has 0 atom stereocenters. The minimum Gasteiger partial charge on any atom is -0.490 e. The molecule has 2 aromatic rings. The number of nitrogens with one attached hydrogen (secondary N) is 1. The summed E-state index contributed by atoms with van der Waals surface area (Å²) in [5, 5.41) is 12.2. The minimum atomic E-state index is -0.194. The zero-order valence-corrected chi connectivity index (χ0v) is 29.2. The Balaban J connectivity index is 1.78. The standard InChI is InChI=1S/C40H65NO4/c1-33(2)21-17-13-9-5-7-11-15-19-29-44-38-28-25-36(40(43)41-37-26-23-35(32-42)24-27-37)31-39(38)45-30-20-16-12-8-6-10-14-18-22-34(3)4/h23-28,31,33-34,42H,5-22,29-30,32H2,1-4H3,(H,41,43). The Morgan fingerprint density at radius 1 is 0.600 bits per heavy atom. The van der Waals surface area contributed by atoms with E-state index in [0.717, 1.165) is 36.7 Å². The molecule has 5 heteroatoms. The quantitative estimate of drug-likeness (QED) is 0.0972. The number of carbonyl (C=O) groups is 1. The summed E-state index contributed by atoms with van der Waals surface area (Å²) in [5.41, 5.74) is 2.04. The maximum Gasteiger partial charge on any atom is 0.255 e. The fraction of sp³-hybridized carbons (Fsp3) is 0.675. The molecule has 2 rings (SSSR count). The molecule has 0 fully saturated rings. The van der Waals surface area contributed by atoms with E-state index in [0.29, 0.717) is 36.0 Å². The Morgan fingerprint density at radius 2 is 1.04 bits per heavy atom. The largest absolute Gasteiger partial charge is 0.490 e. The molecule has 254 valence electrons. The summed E-state index contributed by atoms with van der Waals surface area (Å²) in [5.74, 6) is 2.81. The lowest BCUT2D eigenvalue weighted by atomic mass is 10.0. The highest BCUT2D eigenvalue weighted by atomic mass is 16.5. The molecule has 0 aromatic heterocycles. The average molecular weight is 624 g/mol. The van der Waals surface area contributed by atoms with Crippen LogP contribution in [0.3, 0.4) is 0 Å². The van der Waals surface area contributed by atoms with Crippen molar-refractivity contribution >= 4 is 11.6 Å². The van der Waals surface area contributed by atoms with Crippen LogP contribution in [0.4, 0.5) is 5.69 Å². The van der Waals surface area contributed by atoms with Crippen molar-refractivity contribution in [3.63, 3.8) is 0 Å². The van der Waals surface area contributed by atoms with Crippen LogP contribution in [0.5, 0.6) is 11.5 Å². The Morgan fingerprint density at radius 3 is 1.51 bits per heavy atom. The normalized spacial score (nSPS) is 11.4. The van der Waals surface area contributed by atoms with Crippen LogP contribution in [-0.2, 0) is 6.61 Å². The molecule has 0 saturated heterocycles. The third-order valence-electron chi connectivity index (χ3n) is 8.47. The van der Waals surface area contributed by atoms with Crippen LogP contribution in [0.25, 0.3) is 0 Å². The molecule has 0 spiro atoms. The second-order valence-corrected chi connectivity index (χ2v) is 13.7. The van der Waals surface area contributed by atoms with E-state index in [9.17, 15) is 9.90 Å². The van der Waals surface area contributed by atoms with E-state index in [2.05, 4.69) is 33.0 Å². The van der Waals surface area contributed by atoms with Gasteiger partial charge in [-0.05, 0) is 60.6 Å². The van der Waals surface area contributed by atoms with E-state index in [1.165, 1.54) is 96.3 Å². The third kappa shape index (κ3) is 18.9. The molecule has 0 heterocycles. The molecule has 0 radical (unpaired) electrons. The number of aliphatic hydroxyl groups is 1. The molecule has 1 amide bonds. The first-order chi connectivity index (χ1) is 21.9. The van der Waals surface area contributed by atoms with Crippen molar-refractivity contribution in [1.82, 2.24) is 0 Å². The van der Waals surface area contributed by atoms with Crippen molar-refractivity contribution in [2.75, 3.05) is 18.5 Å². The van der Waals surface area contributed by atoms with Gasteiger partial charge in [0.15, 0.2) is 11.5 Å². The van der Waals surface area contributed by atoms with Crippen molar-refractivity contribution in [3.05, 3.63) is 53.6 Å². The summed E-state index contributed by atoms with van der Waals surface area (Å²) >= 11 is 0. The zero-order chi connectivity index (χ0) is 32.5. The third-order valence-corrected chi connectivity index (χ3v) is 8.47. The van der Waals surface area contributed by atoms with Gasteiger partial charge in [0.25, 0.3) is 5.91 Å². The van der Waals surface area contributed by atoms with Crippen LogP contribution in [-0.4, -0.2) is 24.2 Å². The van der Waals surface area contributed by atoms with Gasteiger partial charge in [0.05, 0.1) is 19.8 Å². The number of anilines is 1. The summed E-state index contributed by atoms with van der Waals surface area (Å²) in [6, 6.07) is 12.7. The van der Waals surface area contributed by atoms with Gasteiger partial charge in [0.1, 0.15) is 0 Å². The van der Waals surface area contributed by atoms with Gasteiger partial charge in [-0.2, -0.15) is 0 Å². The van der Waals surface area contributed by atoms with E-state index in [1.807, 2.05) is 24.3 Å². The highest BCUT2D eigenvalue weighted by Gasteiger charge is 2.13. The number of amides is 1. The van der Waals surface area contributed by atoms with Crippen LogP contribution < -0.4 is 14.8 Å². The second kappa shape index (κ2) is 24.7. The van der Waals surface area contributed by atoms with Crippen molar-refractivity contribution in [2.24, 2.45) is 11.8 Å². The first-order valence-corrected chi connectivity index (χ1v) is 18.3. The lowest BCUT2D eigenvalue weighted by Crippen LogP contribution is -2.12. The van der Waals surface area contributed by atoms with E-state index in [-0.39, 0.29) is 12.5 Å². The van der Waals surface area contributed by atoms with Gasteiger partial charge >= 0.3 is 0 Å².